The first-order chi connectivity index (χ1) is 13.9. The average molecular weight is 442 g/mol. The molecular formula is C18H36FN3O6S. The minimum absolute atomic E-state index is 0.139. The number of aliphatic hydroxyl groups excluding tert-OH is 2. The number of esters is 1. The summed E-state index contributed by atoms with van der Waals surface area (Å²) in [6.45, 7) is 6.00. The third-order valence-electron chi connectivity index (χ3n) is 3.14. The highest BCUT2D eigenvalue weighted by molar-refractivity contribution is 7.71. The smallest absolute Gasteiger partial charge is 0.319 e. The number of aryl methyl sites for hydroxylation is 1. The number of halogens is 1. The van der Waals surface area contributed by atoms with Crippen molar-refractivity contribution < 1.29 is 28.9 Å². The number of H-pyrrole nitrogens is 1. The Hall–Kier alpha value is -1.66. The van der Waals surface area contributed by atoms with Crippen molar-refractivity contribution in [1.82, 2.24) is 9.55 Å². The van der Waals surface area contributed by atoms with Crippen LogP contribution < -0.4 is 11.3 Å². The van der Waals surface area contributed by atoms with Crippen LogP contribution in [0.25, 0.3) is 0 Å². The molecule has 2 atom stereocenters. The topological polar surface area (TPSA) is 140 Å². The van der Waals surface area contributed by atoms with E-state index in [1.807, 2.05) is 0 Å². The fourth-order valence-corrected chi connectivity index (χ4v) is 2.32. The second-order valence-electron chi connectivity index (χ2n) is 5.36. The molecule has 1 fully saturated rings. The van der Waals surface area contributed by atoms with Crippen molar-refractivity contribution in [2.75, 3.05) is 34.5 Å². The van der Waals surface area contributed by atoms with Crippen LogP contribution in [-0.4, -0.2) is 66.4 Å². The summed E-state index contributed by atoms with van der Waals surface area (Å²) in [6.07, 6.45) is 4.00. The molecule has 172 valence electrons. The van der Waals surface area contributed by atoms with Crippen molar-refractivity contribution in [3.8, 4) is 0 Å². The maximum Gasteiger partial charge on any atom is 0.319 e. The number of nitrogens with one attached hydrogen (secondary N) is 1. The first kappa shape index (κ1) is 32.0. The first-order valence-corrected chi connectivity index (χ1v) is 9.44. The Morgan fingerprint density at radius 1 is 1.34 bits per heavy atom. The van der Waals surface area contributed by atoms with Gasteiger partial charge in [0.1, 0.15) is 12.8 Å². The number of aromatic nitrogens is 2. The largest absolute Gasteiger partial charge is 0.462 e. The predicted octanol–water partition coefficient (Wildman–Crippen LogP) is 1.61. The number of aliphatic hydroxyl groups is 2. The molecule has 0 spiro atoms. The normalized spacial score (nSPS) is 16.3. The van der Waals surface area contributed by atoms with Crippen LogP contribution in [0.15, 0.2) is 11.0 Å². The third-order valence-corrected chi connectivity index (χ3v) is 3.45. The minimum Gasteiger partial charge on any atom is -0.462 e. The number of carbonyl (C=O) groups is 1. The lowest BCUT2D eigenvalue weighted by atomic mass is 10.2. The summed E-state index contributed by atoms with van der Waals surface area (Å²) < 4.78 is 22.3. The standard InChI is InChI=1S/C12H17N3O4S.C3H8.CH3F.2CH4O/c1-7-5-15(12(20)14-11(7)17)9-3-2-8(19-9)6-18-10(16)4-13;1-3-2;3*1-2/h5,8-9H,2-4,6,13H2,1H3,(H,14,17,20);3H2,1-2H3;1H3;2*2H,1H3. The van der Waals surface area contributed by atoms with Gasteiger partial charge in [-0.2, -0.15) is 0 Å². The molecule has 1 aliphatic rings. The van der Waals surface area contributed by atoms with Gasteiger partial charge < -0.3 is 25.4 Å². The van der Waals surface area contributed by atoms with Crippen molar-refractivity contribution in [3.05, 3.63) is 26.9 Å². The van der Waals surface area contributed by atoms with E-state index >= 15 is 0 Å². The Labute approximate surface area is 176 Å². The molecule has 1 saturated heterocycles. The SMILES string of the molecule is CCC.CF.CO.CO.Cc1cn(C2CCC(COC(=O)CN)O2)c(=S)[nH]c1=O. The molecule has 2 rings (SSSR count). The molecule has 2 unspecified atom stereocenters. The lowest BCUT2D eigenvalue weighted by Crippen LogP contribution is -2.24. The van der Waals surface area contributed by atoms with E-state index in [2.05, 4.69) is 18.8 Å². The van der Waals surface area contributed by atoms with Crippen molar-refractivity contribution >= 4 is 18.2 Å². The van der Waals surface area contributed by atoms with Gasteiger partial charge in [0.05, 0.1) is 19.8 Å². The van der Waals surface area contributed by atoms with E-state index < -0.39 is 5.97 Å². The van der Waals surface area contributed by atoms with Crippen molar-refractivity contribution in [1.29, 1.82) is 0 Å². The van der Waals surface area contributed by atoms with Crippen molar-refractivity contribution in [2.45, 2.75) is 52.4 Å². The molecule has 0 aliphatic carbocycles. The van der Waals surface area contributed by atoms with Crippen LogP contribution in [0.1, 0.15) is 44.9 Å². The highest BCUT2D eigenvalue weighted by Crippen LogP contribution is 2.28. The van der Waals surface area contributed by atoms with Crippen LogP contribution in [0.3, 0.4) is 0 Å². The summed E-state index contributed by atoms with van der Waals surface area (Å²) in [6, 6.07) is 0. The monoisotopic (exact) mass is 441 g/mol. The second kappa shape index (κ2) is 21.1. The van der Waals surface area contributed by atoms with Gasteiger partial charge in [-0.15, -0.1) is 0 Å². The van der Waals surface area contributed by atoms with E-state index in [9.17, 15) is 14.0 Å². The molecule has 0 amide bonds. The molecule has 29 heavy (non-hydrogen) atoms. The Kier molecular flexibility index (Phi) is 23.2. The van der Waals surface area contributed by atoms with Gasteiger partial charge in [-0.3, -0.25) is 23.5 Å². The zero-order valence-corrected chi connectivity index (χ0v) is 18.9. The van der Waals surface area contributed by atoms with Crippen LogP contribution in [-0.2, 0) is 14.3 Å². The van der Waals surface area contributed by atoms with E-state index in [-0.39, 0.29) is 31.0 Å². The summed E-state index contributed by atoms with van der Waals surface area (Å²) in [5, 5.41) is 14.0. The van der Waals surface area contributed by atoms with Crippen LogP contribution >= 0.6 is 12.2 Å². The molecule has 1 aromatic heterocycles. The molecule has 9 nitrogen and oxygen atoms in total. The predicted molar refractivity (Wildman–Crippen MR) is 113 cm³/mol. The van der Waals surface area contributed by atoms with E-state index in [1.54, 1.807) is 17.7 Å². The average Bonchev–Trinajstić information content (AvgIpc) is 3.22. The van der Waals surface area contributed by atoms with Gasteiger partial charge in [0.2, 0.25) is 0 Å². The van der Waals surface area contributed by atoms with Crippen LogP contribution in [0.4, 0.5) is 4.39 Å². The van der Waals surface area contributed by atoms with Gasteiger partial charge in [0, 0.05) is 26.0 Å². The Balaban J connectivity index is -0.000000656. The number of hydrogen-bond acceptors (Lipinski definition) is 8. The van der Waals surface area contributed by atoms with E-state index in [1.165, 1.54) is 6.42 Å². The molecule has 11 heteroatoms. The molecule has 1 aliphatic heterocycles. The summed E-state index contributed by atoms with van der Waals surface area (Å²) in [7, 11) is 2.50. The Morgan fingerprint density at radius 2 is 1.86 bits per heavy atom. The summed E-state index contributed by atoms with van der Waals surface area (Å²) in [4.78, 5) is 25.0. The highest BCUT2D eigenvalue weighted by atomic mass is 32.1. The number of rotatable bonds is 4. The molecule has 0 radical (unpaired) electrons. The lowest BCUT2D eigenvalue weighted by Gasteiger charge is -2.17. The fourth-order valence-electron chi connectivity index (χ4n) is 2.06. The van der Waals surface area contributed by atoms with Gasteiger partial charge in [-0.25, -0.2) is 0 Å². The minimum atomic E-state index is -0.450. The number of alkyl halides is 1. The maximum absolute atomic E-state index is 11.4. The van der Waals surface area contributed by atoms with Crippen LogP contribution in [0.2, 0.25) is 0 Å². The quantitative estimate of drug-likeness (QED) is 0.408. The van der Waals surface area contributed by atoms with E-state index in [0.717, 1.165) is 27.1 Å². The first-order valence-electron chi connectivity index (χ1n) is 9.03. The summed E-state index contributed by atoms with van der Waals surface area (Å²) >= 11 is 5.12. The van der Waals surface area contributed by atoms with E-state index in [4.69, 9.17) is 37.6 Å². The molecule has 5 N–H and O–H groups in total. The molecule has 0 saturated carbocycles. The second-order valence-corrected chi connectivity index (χ2v) is 5.75. The van der Waals surface area contributed by atoms with Crippen LogP contribution in [0, 0.1) is 11.7 Å². The van der Waals surface area contributed by atoms with Crippen LogP contribution in [0.5, 0.6) is 0 Å². The Morgan fingerprint density at radius 3 is 2.34 bits per heavy atom. The van der Waals surface area contributed by atoms with Gasteiger partial charge >= 0.3 is 5.97 Å². The zero-order chi connectivity index (χ0) is 23.4. The third kappa shape index (κ3) is 13.2. The van der Waals surface area contributed by atoms with Crippen molar-refractivity contribution in [3.63, 3.8) is 0 Å². The number of aromatic amines is 1. The summed E-state index contributed by atoms with van der Waals surface area (Å²) in [5.74, 6) is -0.450. The highest BCUT2D eigenvalue weighted by Gasteiger charge is 2.27. The molecule has 0 aromatic carbocycles. The molecule has 0 bridgehead atoms. The fraction of sp³-hybridized carbons (Fsp3) is 0.722. The van der Waals surface area contributed by atoms with Gasteiger partial charge in [0.15, 0.2) is 4.77 Å². The molecule has 1 aromatic rings. The van der Waals surface area contributed by atoms with Gasteiger partial charge in [-0.05, 0) is 32.0 Å². The summed E-state index contributed by atoms with van der Waals surface area (Å²) in [5.41, 5.74) is 5.53. The number of ether oxygens (including phenoxy) is 2. The molecular weight excluding hydrogens is 405 g/mol. The Bertz CT molecular complexity index is 639. The lowest BCUT2D eigenvalue weighted by molar-refractivity contribution is -0.146. The number of nitrogens with zero attached hydrogens (tertiary/aromatic N) is 1. The number of carbonyl (C=O) groups excluding carboxylic acids is 1. The van der Waals surface area contributed by atoms with Gasteiger partial charge in [0.25, 0.3) is 5.56 Å². The van der Waals surface area contributed by atoms with E-state index in [0.29, 0.717) is 17.5 Å². The van der Waals surface area contributed by atoms with Gasteiger partial charge in [-0.1, -0.05) is 20.3 Å². The molecule has 2 heterocycles. The number of hydrogen-bond donors (Lipinski definition) is 4. The zero-order valence-electron chi connectivity index (χ0n) is 18.1. The number of nitrogens with two attached hydrogens (primary N) is 1. The van der Waals surface area contributed by atoms with Crippen molar-refractivity contribution in [2.24, 2.45) is 5.73 Å². The maximum atomic E-state index is 11.4.